The Morgan fingerprint density at radius 1 is 2.00 bits per heavy atom. The summed E-state index contributed by atoms with van der Waals surface area (Å²) in [4.78, 5) is 10.5. The van der Waals surface area contributed by atoms with Crippen molar-refractivity contribution < 1.29 is 9.32 Å². The second-order valence-electron chi connectivity index (χ2n) is 1.52. The van der Waals surface area contributed by atoms with E-state index < -0.39 is 0 Å². The van der Waals surface area contributed by atoms with Crippen LogP contribution in [0.3, 0.4) is 0 Å². The second-order valence-corrected chi connectivity index (χ2v) is 2.12. The maximum Gasteiger partial charge on any atom is 0.311 e. The monoisotopic (exact) mass is 152 g/mol. The molecule has 0 aromatic carbocycles. The summed E-state index contributed by atoms with van der Waals surface area (Å²) in [6.45, 7) is 1.76. The van der Waals surface area contributed by atoms with Crippen LogP contribution in [0.1, 0.15) is 6.92 Å². The number of rotatable bonds is 2. The van der Waals surface area contributed by atoms with E-state index in [-0.39, 0.29) is 11.9 Å². The van der Waals surface area contributed by atoms with Crippen molar-refractivity contribution in [3.05, 3.63) is 0 Å². The van der Waals surface area contributed by atoms with Gasteiger partial charge in [0.15, 0.2) is 0 Å². The van der Waals surface area contributed by atoms with Crippen molar-refractivity contribution in [2.24, 2.45) is 5.92 Å². The van der Waals surface area contributed by atoms with Crippen LogP contribution in [0.2, 0.25) is 0 Å². The van der Waals surface area contributed by atoms with Crippen molar-refractivity contribution >= 4 is 28.1 Å². The Bertz CT molecular complexity index is 86.1. The van der Waals surface area contributed by atoms with E-state index in [0.717, 1.165) is 0 Å². The third kappa shape index (κ3) is 2.53. The highest BCUT2D eigenvalue weighted by atomic mass is 32.1. The highest BCUT2D eigenvalue weighted by molar-refractivity contribution is 7.80. The van der Waals surface area contributed by atoms with Gasteiger partial charge in [0.2, 0.25) is 0 Å². The van der Waals surface area contributed by atoms with Crippen LogP contribution in [0.5, 0.6) is 0 Å². The molecule has 0 amide bonds. The highest BCUT2D eigenvalue weighted by Crippen LogP contribution is 2.02. The molecular formula is C4H9O2PS. The first kappa shape index (κ1) is 8.25. The first-order valence-electron chi connectivity index (χ1n) is 2.23. The van der Waals surface area contributed by atoms with E-state index >= 15 is 0 Å². The summed E-state index contributed by atoms with van der Waals surface area (Å²) >= 11 is 3.90. The van der Waals surface area contributed by atoms with E-state index in [1.54, 1.807) is 6.92 Å². The average Bonchev–Trinajstić information content (AvgIpc) is 1.84. The second kappa shape index (κ2) is 4.16. The first-order chi connectivity index (χ1) is 3.72. The standard InChI is InChI=1S/C4H9O2PS/c1-3(2-8)4(5)6-7/h3,8H,2,7H2,1H3. The lowest BCUT2D eigenvalue weighted by Gasteiger charge is -2.01. The molecule has 0 spiro atoms. The van der Waals surface area contributed by atoms with Crippen LogP contribution in [-0.4, -0.2) is 11.7 Å². The van der Waals surface area contributed by atoms with Crippen LogP contribution in [-0.2, 0) is 9.32 Å². The molecular weight excluding hydrogens is 143 g/mol. The average molecular weight is 152 g/mol. The fourth-order valence-corrected chi connectivity index (χ4v) is 0.572. The Hall–Kier alpha value is 0.250. The van der Waals surface area contributed by atoms with Gasteiger partial charge >= 0.3 is 5.97 Å². The third-order valence-electron chi connectivity index (χ3n) is 0.792. The molecule has 0 aliphatic rings. The van der Waals surface area contributed by atoms with Gasteiger partial charge in [0.25, 0.3) is 0 Å². The Kier molecular flexibility index (Phi) is 4.29. The molecule has 0 rings (SSSR count). The van der Waals surface area contributed by atoms with Crippen LogP contribution in [0, 0.1) is 5.92 Å². The Balaban J connectivity index is 3.46. The molecule has 0 heterocycles. The number of hydrogen-bond acceptors (Lipinski definition) is 3. The fourth-order valence-electron chi connectivity index (χ4n) is 0.191. The molecule has 4 heteroatoms. The SMILES string of the molecule is CC(CS)C(=O)OP. The van der Waals surface area contributed by atoms with Gasteiger partial charge in [-0.1, -0.05) is 6.92 Å². The lowest BCUT2D eigenvalue weighted by molar-refractivity contribution is -0.136. The van der Waals surface area contributed by atoms with Gasteiger partial charge < -0.3 is 4.52 Å². The van der Waals surface area contributed by atoms with Gasteiger partial charge in [0.05, 0.1) is 15.4 Å². The van der Waals surface area contributed by atoms with E-state index in [0.29, 0.717) is 5.75 Å². The predicted molar refractivity (Wildman–Crippen MR) is 38.8 cm³/mol. The van der Waals surface area contributed by atoms with E-state index in [2.05, 4.69) is 17.2 Å². The maximum atomic E-state index is 10.5. The maximum absolute atomic E-state index is 10.5. The molecule has 0 fully saturated rings. The largest absolute Gasteiger partial charge is 0.451 e. The zero-order valence-electron chi connectivity index (χ0n) is 4.63. The molecule has 0 saturated heterocycles. The topological polar surface area (TPSA) is 26.3 Å². The minimum Gasteiger partial charge on any atom is -0.451 e. The summed E-state index contributed by atoms with van der Waals surface area (Å²) in [7, 11) is 1.91. The molecule has 2 atom stereocenters. The summed E-state index contributed by atoms with van der Waals surface area (Å²) in [5.41, 5.74) is 0. The van der Waals surface area contributed by atoms with Gasteiger partial charge in [-0.25, -0.2) is 0 Å². The molecule has 48 valence electrons. The molecule has 0 N–H and O–H groups in total. The quantitative estimate of drug-likeness (QED) is 0.469. The molecule has 0 bridgehead atoms. The molecule has 2 nitrogen and oxygen atoms in total. The van der Waals surface area contributed by atoms with Crippen molar-refractivity contribution in [3.8, 4) is 0 Å². The van der Waals surface area contributed by atoms with Crippen LogP contribution >= 0.6 is 22.1 Å². The minimum atomic E-state index is -0.231. The molecule has 2 unspecified atom stereocenters. The Labute approximate surface area is 56.7 Å². The molecule has 0 aliphatic heterocycles. The fraction of sp³-hybridized carbons (Fsp3) is 0.750. The Morgan fingerprint density at radius 2 is 2.50 bits per heavy atom. The van der Waals surface area contributed by atoms with E-state index in [9.17, 15) is 4.79 Å². The van der Waals surface area contributed by atoms with Crippen molar-refractivity contribution in [2.45, 2.75) is 6.92 Å². The summed E-state index contributed by atoms with van der Waals surface area (Å²) in [6.07, 6.45) is 0. The van der Waals surface area contributed by atoms with E-state index in [4.69, 9.17) is 0 Å². The lowest BCUT2D eigenvalue weighted by atomic mass is 10.2. The summed E-state index contributed by atoms with van der Waals surface area (Å²) < 4.78 is 4.33. The zero-order chi connectivity index (χ0) is 6.57. The number of thiol groups is 1. The van der Waals surface area contributed by atoms with Crippen LogP contribution in [0.25, 0.3) is 0 Å². The lowest BCUT2D eigenvalue weighted by Crippen LogP contribution is -2.11. The van der Waals surface area contributed by atoms with Crippen LogP contribution in [0.15, 0.2) is 0 Å². The smallest absolute Gasteiger partial charge is 0.311 e. The van der Waals surface area contributed by atoms with Crippen molar-refractivity contribution in [1.29, 1.82) is 0 Å². The Morgan fingerprint density at radius 3 is 2.62 bits per heavy atom. The summed E-state index contributed by atoms with van der Waals surface area (Å²) in [6, 6.07) is 0. The van der Waals surface area contributed by atoms with E-state index in [1.807, 2.05) is 9.47 Å². The van der Waals surface area contributed by atoms with Crippen molar-refractivity contribution in [1.82, 2.24) is 0 Å². The van der Waals surface area contributed by atoms with Crippen LogP contribution < -0.4 is 0 Å². The van der Waals surface area contributed by atoms with Gasteiger partial charge in [-0.15, -0.1) is 0 Å². The highest BCUT2D eigenvalue weighted by Gasteiger charge is 2.08. The molecule has 8 heavy (non-hydrogen) atoms. The molecule has 0 radical (unpaired) electrons. The summed E-state index contributed by atoms with van der Waals surface area (Å²) in [5, 5.41) is 0. The summed E-state index contributed by atoms with van der Waals surface area (Å²) in [5.74, 6) is 0.202. The van der Waals surface area contributed by atoms with Gasteiger partial charge in [-0.05, 0) is 0 Å². The normalized spacial score (nSPS) is 12.9. The number of hydrogen-bond donors (Lipinski definition) is 1. The van der Waals surface area contributed by atoms with Crippen LogP contribution in [0.4, 0.5) is 0 Å². The molecule has 0 aliphatic carbocycles. The first-order valence-corrected chi connectivity index (χ1v) is 3.34. The predicted octanol–water partition coefficient (Wildman–Crippen LogP) is 0.886. The van der Waals surface area contributed by atoms with Gasteiger partial charge in [-0.2, -0.15) is 12.6 Å². The zero-order valence-corrected chi connectivity index (χ0v) is 6.67. The van der Waals surface area contributed by atoms with E-state index in [1.165, 1.54) is 0 Å². The van der Waals surface area contributed by atoms with Gasteiger partial charge in [0.1, 0.15) is 0 Å². The minimum absolute atomic E-state index is 0.101. The van der Waals surface area contributed by atoms with Gasteiger partial charge in [0, 0.05) is 5.75 Å². The number of carbonyl (C=O) groups is 1. The molecule has 0 aromatic rings. The van der Waals surface area contributed by atoms with Crippen molar-refractivity contribution in [2.75, 3.05) is 5.75 Å². The van der Waals surface area contributed by atoms with Gasteiger partial charge in [-0.3, -0.25) is 4.79 Å². The van der Waals surface area contributed by atoms with Crippen molar-refractivity contribution in [3.63, 3.8) is 0 Å². The molecule has 0 saturated carbocycles. The number of carbonyl (C=O) groups excluding carboxylic acids is 1. The third-order valence-corrected chi connectivity index (χ3v) is 1.57. The molecule has 0 aromatic heterocycles.